The standard InChI is InChI=1S/C17H15F2NO/c1-12-2-4-13(5-3-12)14(11-20)8-9-21-15-6-7-16(18)17(19)10-15/h2-7,10,14H,8-9H2,1H3. The van der Waals surface area contributed by atoms with Crippen molar-refractivity contribution in [2.24, 2.45) is 0 Å². The van der Waals surface area contributed by atoms with E-state index in [4.69, 9.17) is 4.74 Å². The van der Waals surface area contributed by atoms with E-state index < -0.39 is 11.6 Å². The average Bonchev–Trinajstić information content (AvgIpc) is 2.48. The van der Waals surface area contributed by atoms with Crippen molar-refractivity contribution in [1.82, 2.24) is 0 Å². The van der Waals surface area contributed by atoms with Crippen molar-refractivity contribution >= 4 is 0 Å². The molecule has 0 saturated carbocycles. The van der Waals surface area contributed by atoms with Crippen LogP contribution in [-0.2, 0) is 0 Å². The summed E-state index contributed by atoms with van der Waals surface area (Å²) in [6.07, 6.45) is 0.485. The molecule has 0 spiro atoms. The number of hydrogen-bond acceptors (Lipinski definition) is 2. The van der Waals surface area contributed by atoms with Crippen LogP contribution in [0.3, 0.4) is 0 Å². The zero-order valence-electron chi connectivity index (χ0n) is 11.6. The van der Waals surface area contributed by atoms with E-state index in [0.717, 1.165) is 23.3 Å². The summed E-state index contributed by atoms with van der Waals surface area (Å²) < 4.78 is 31.2. The normalized spacial score (nSPS) is 11.7. The van der Waals surface area contributed by atoms with Crippen LogP contribution < -0.4 is 4.74 Å². The van der Waals surface area contributed by atoms with E-state index in [1.165, 1.54) is 6.07 Å². The zero-order valence-corrected chi connectivity index (χ0v) is 11.6. The minimum Gasteiger partial charge on any atom is -0.493 e. The van der Waals surface area contributed by atoms with Gasteiger partial charge in [0.2, 0.25) is 0 Å². The predicted molar refractivity (Wildman–Crippen MR) is 76.0 cm³/mol. The molecular weight excluding hydrogens is 272 g/mol. The van der Waals surface area contributed by atoms with Gasteiger partial charge in [0.05, 0.1) is 18.6 Å². The zero-order chi connectivity index (χ0) is 15.2. The Labute approximate surface area is 122 Å². The molecule has 0 aromatic heterocycles. The highest BCUT2D eigenvalue weighted by Gasteiger charge is 2.11. The summed E-state index contributed by atoms with van der Waals surface area (Å²) in [4.78, 5) is 0. The number of aryl methyl sites for hydroxylation is 1. The number of nitrogens with zero attached hydrogens (tertiary/aromatic N) is 1. The molecule has 2 rings (SSSR count). The molecule has 1 atom stereocenters. The molecule has 0 radical (unpaired) electrons. The number of rotatable bonds is 5. The van der Waals surface area contributed by atoms with E-state index in [9.17, 15) is 14.0 Å². The van der Waals surface area contributed by atoms with Crippen LogP contribution in [0.15, 0.2) is 42.5 Å². The molecule has 4 heteroatoms. The molecule has 0 aliphatic rings. The quantitative estimate of drug-likeness (QED) is 0.819. The molecular formula is C17H15F2NO. The summed E-state index contributed by atoms with van der Waals surface area (Å²) in [5.74, 6) is -1.87. The molecule has 0 heterocycles. The minimum absolute atomic E-state index is 0.259. The van der Waals surface area contributed by atoms with E-state index in [0.29, 0.717) is 6.42 Å². The molecule has 0 amide bonds. The second kappa shape index (κ2) is 6.85. The molecule has 2 aromatic carbocycles. The van der Waals surface area contributed by atoms with Crippen molar-refractivity contribution in [1.29, 1.82) is 5.26 Å². The molecule has 1 unspecified atom stereocenters. The second-order valence-corrected chi connectivity index (χ2v) is 4.81. The van der Waals surface area contributed by atoms with Gasteiger partial charge in [-0.15, -0.1) is 0 Å². The Hall–Kier alpha value is -2.41. The van der Waals surface area contributed by atoms with Crippen LogP contribution in [0.1, 0.15) is 23.5 Å². The first-order valence-corrected chi connectivity index (χ1v) is 6.64. The summed E-state index contributed by atoms with van der Waals surface area (Å²) in [6, 6.07) is 13.4. The predicted octanol–water partition coefficient (Wildman–Crippen LogP) is 4.35. The van der Waals surface area contributed by atoms with Gasteiger partial charge in [0, 0.05) is 12.5 Å². The number of ether oxygens (including phenoxy) is 1. The molecule has 2 aromatic rings. The van der Waals surface area contributed by atoms with Crippen LogP contribution in [0.5, 0.6) is 5.75 Å². The lowest BCUT2D eigenvalue weighted by molar-refractivity contribution is 0.303. The maximum absolute atomic E-state index is 13.0. The van der Waals surface area contributed by atoms with E-state index in [2.05, 4.69) is 6.07 Å². The van der Waals surface area contributed by atoms with Gasteiger partial charge in [-0.2, -0.15) is 5.26 Å². The third-order valence-corrected chi connectivity index (χ3v) is 3.20. The Balaban J connectivity index is 1.93. The summed E-state index contributed by atoms with van der Waals surface area (Å²) in [5.41, 5.74) is 2.06. The van der Waals surface area contributed by atoms with Gasteiger partial charge < -0.3 is 4.74 Å². The molecule has 0 aliphatic heterocycles. The molecule has 0 aliphatic carbocycles. The fourth-order valence-corrected chi connectivity index (χ4v) is 1.97. The molecule has 108 valence electrons. The smallest absolute Gasteiger partial charge is 0.162 e. The van der Waals surface area contributed by atoms with Gasteiger partial charge in [-0.3, -0.25) is 0 Å². The van der Waals surface area contributed by atoms with Crippen molar-refractivity contribution in [2.75, 3.05) is 6.61 Å². The van der Waals surface area contributed by atoms with Gasteiger partial charge in [-0.1, -0.05) is 29.8 Å². The van der Waals surface area contributed by atoms with E-state index in [-0.39, 0.29) is 18.3 Å². The maximum atomic E-state index is 13.0. The van der Waals surface area contributed by atoms with E-state index in [1.807, 2.05) is 31.2 Å². The lowest BCUT2D eigenvalue weighted by Crippen LogP contribution is -2.05. The largest absolute Gasteiger partial charge is 0.493 e. The van der Waals surface area contributed by atoms with Gasteiger partial charge in [0.15, 0.2) is 11.6 Å². The van der Waals surface area contributed by atoms with E-state index >= 15 is 0 Å². The Morgan fingerprint density at radius 1 is 1.10 bits per heavy atom. The minimum atomic E-state index is -0.942. The van der Waals surface area contributed by atoms with Crippen molar-refractivity contribution in [3.63, 3.8) is 0 Å². The highest BCUT2D eigenvalue weighted by molar-refractivity contribution is 5.28. The molecule has 0 bridgehead atoms. The maximum Gasteiger partial charge on any atom is 0.162 e. The number of nitriles is 1. The Bertz CT molecular complexity index is 647. The highest BCUT2D eigenvalue weighted by atomic mass is 19.2. The van der Waals surface area contributed by atoms with Crippen LogP contribution in [0.4, 0.5) is 8.78 Å². The van der Waals surface area contributed by atoms with Crippen LogP contribution in [-0.4, -0.2) is 6.61 Å². The summed E-state index contributed by atoms with van der Waals surface area (Å²) in [6.45, 7) is 2.24. The van der Waals surface area contributed by atoms with Crippen LogP contribution in [0.25, 0.3) is 0 Å². The molecule has 0 fully saturated rings. The summed E-state index contributed by atoms with van der Waals surface area (Å²) in [5, 5.41) is 9.21. The van der Waals surface area contributed by atoms with Crippen LogP contribution in [0.2, 0.25) is 0 Å². The van der Waals surface area contributed by atoms with Crippen LogP contribution in [0, 0.1) is 29.9 Å². The van der Waals surface area contributed by atoms with Crippen molar-refractivity contribution in [2.45, 2.75) is 19.3 Å². The van der Waals surface area contributed by atoms with Gasteiger partial charge in [-0.25, -0.2) is 8.78 Å². The fraction of sp³-hybridized carbons (Fsp3) is 0.235. The lowest BCUT2D eigenvalue weighted by Gasteiger charge is -2.11. The monoisotopic (exact) mass is 287 g/mol. The first-order valence-electron chi connectivity index (χ1n) is 6.64. The van der Waals surface area contributed by atoms with Crippen molar-refractivity contribution in [3.8, 4) is 11.8 Å². The summed E-state index contributed by atoms with van der Waals surface area (Å²) in [7, 11) is 0. The SMILES string of the molecule is Cc1ccc(C(C#N)CCOc2ccc(F)c(F)c2)cc1. The molecule has 0 N–H and O–H groups in total. The molecule has 21 heavy (non-hydrogen) atoms. The molecule has 2 nitrogen and oxygen atoms in total. The number of hydrogen-bond donors (Lipinski definition) is 0. The Morgan fingerprint density at radius 3 is 2.43 bits per heavy atom. The van der Waals surface area contributed by atoms with Crippen molar-refractivity contribution in [3.05, 3.63) is 65.2 Å². The highest BCUT2D eigenvalue weighted by Crippen LogP contribution is 2.21. The first kappa shape index (κ1) is 15.0. The third-order valence-electron chi connectivity index (χ3n) is 3.20. The van der Waals surface area contributed by atoms with Gasteiger partial charge in [0.1, 0.15) is 5.75 Å². The number of benzene rings is 2. The average molecular weight is 287 g/mol. The number of halogens is 2. The lowest BCUT2D eigenvalue weighted by atomic mass is 9.97. The van der Waals surface area contributed by atoms with E-state index in [1.54, 1.807) is 0 Å². The Morgan fingerprint density at radius 2 is 1.81 bits per heavy atom. The Kier molecular flexibility index (Phi) is 4.89. The third kappa shape index (κ3) is 4.03. The fourth-order valence-electron chi connectivity index (χ4n) is 1.97. The topological polar surface area (TPSA) is 33.0 Å². The second-order valence-electron chi connectivity index (χ2n) is 4.81. The van der Waals surface area contributed by atoms with Crippen molar-refractivity contribution < 1.29 is 13.5 Å². The van der Waals surface area contributed by atoms with Gasteiger partial charge in [0.25, 0.3) is 0 Å². The molecule has 0 saturated heterocycles. The van der Waals surface area contributed by atoms with Gasteiger partial charge >= 0.3 is 0 Å². The van der Waals surface area contributed by atoms with Gasteiger partial charge in [-0.05, 0) is 24.6 Å². The summed E-state index contributed by atoms with van der Waals surface area (Å²) >= 11 is 0. The first-order chi connectivity index (χ1) is 10.1. The van der Waals surface area contributed by atoms with Crippen LogP contribution >= 0.6 is 0 Å².